The summed E-state index contributed by atoms with van der Waals surface area (Å²) in [4.78, 5) is 29.2. The standard InChI is InChI=1S/C24H29N3O4S/c1-17(28)18-8-10-20(11-9-18)32(30,31)27-16-22(21-6-4-5-7-23(21)27)24(29)26(3)19-12-14-25(2)15-13-19/h4-11,19,22H,12-16H2,1-3H3. The molecule has 4 rings (SSSR count). The summed E-state index contributed by atoms with van der Waals surface area (Å²) in [6.45, 7) is 3.41. The summed E-state index contributed by atoms with van der Waals surface area (Å²) in [7, 11) is 0.0380. The first-order chi connectivity index (χ1) is 15.2. The monoisotopic (exact) mass is 455 g/mol. The highest BCUT2D eigenvalue weighted by Crippen LogP contribution is 2.40. The van der Waals surface area contributed by atoms with Crippen LogP contribution in [0.3, 0.4) is 0 Å². The number of Topliss-reactive ketones (excluding diaryl/α,β-unsaturated/α-hetero) is 1. The Hall–Kier alpha value is -2.71. The van der Waals surface area contributed by atoms with Crippen molar-refractivity contribution < 1.29 is 18.0 Å². The van der Waals surface area contributed by atoms with Crippen molar-refractivity contribution in [3.8, 4) is 0 Å². The number of hydrogen-bond acceptors (Lipinski definition) is 5. The van der Waals surface area contributed by atoms with Gasteiger partial charge >= 0.3 is 0 Å². The van der Waals surface area contributed by atoms with Crippen molar-refractivity contribution in [1.29, 1.82) is 0 Å². The second-order valence-electron chi connectivity index (χ2n) is 8.71. The van der Waals surface area contributed by atoms with Gasteiger partial charge in [0.15, 0.2) is 5.78 Å². The van der Waals surface area contributed by atoms with E-state index in [1.54, 1.807) is 12.1 Å². The van der Waals surface area contributed by atoms with Crippen LogP contribution < -0.4 is 4.31 Å². The van der Waals surface area contributed by atoms with Gasteiger partial charge in [0.1, 0.15) is 0 Å². The molecule has 170 valence electrons. The third-order valence-electron chi connectivity index (χ3n) is 6.66. The number of benzene rings is 2. The van der Waals surface area contributed by atoms with Gasteiger partial charge in [-0.25, -0.2) is 8.42 Å². The van der Waals surface area contributed by atoms with Crippen molar-refractivity contribution in [2.24, 2.45) is 0 Å². The number of hydrogen-bond donors (Lipinski definition) is 0. The Bertz CT molecular complexity index is 1120. The van der Waals surface area contributed by atoms with Crippen LogP contribution in [0.25, 0.3) is 0 Å². The minimum Gasteiger partial charge on any atom is -0.342 e. The summed E-state index contributed by atoms with van der Waals surface area (Å²) in [6.07, 6.45) is 1.83. The van der Waals surface area contributed by atoms with Crippen LogP contribution >= 0.6 is 0 Å². The van der Waals surface area contributed by atoms with Crippen LogP contribution in [0.1, 0.15) is 41.6 Å². The molecule has 1 fully saturated rings. The lowest BCUT2D eigenvalue weighted by molar-refractivity contribution is -0.134. The van der Waals surface area contributed by atoms with Gasteiger partial charge in [0.2, 0.25) is 5.91 Å². The van der Waals surface area contributed by atoms with Gasteiger partial charge in [-0.05, 0) is 63.7 Å². The minimum absolute atomic E-state index is 0.0448. The number of fused-ring (bicyclic) bond motifs is 1. The Morgan fingerprint density at radius 1 is 1.00 bits per heavy atom. The second-order valence-corrected chi connectivity index (χ2v) is 10.6. The number of carbonyl (C=O) groups excluding carboxylic acids is 2. The van der Waals surface area contributed by atoms with Crippen LogP contribution in [0.4, 0.5) is 5.69 Å². The van der Waals surface area contributed by atoms with E-state index in [9.17, 15) is 18.0 Å². The van der Waals surface area contributed by atoms with Crippen LogP contribution in [0.2, 0.25) is 0 Å². The molecule has 2 aromatic rings. The zero-order chi connectivity index (χ0) is 23.0. The van der Waals surface area contributed by atoms with E-state index in [1.807, 2.05) is 24.1 Å². The molecule has 0 radical (unpaired) electrons. The number of likely N-dealkylation sites (N-methyl/N-ethyl adjacent to an activating group) is 1. The van der Waals surface area contributed by atoms with Gasteiger partial charge < -0.3 is 9.80 Å². The minimum atomic E-state index is -3.87. The molecule has 0 aromatic heterocycles. The molecule has 32 heavy (non-hydrogen) atoms. The number of nitrogens with zero attached hydrogens (tertiary/aromatic N) is 3. The molecular formula is C24H29N3O4S. The Labute approximate surface area is 189 Å². The van der Waals surface area contributed by atoms with E-state index in [-0.39, 0.29) is 29.2 Å². The third-order valence-corrected chi connectivity index (χ3v) is 8.45. The first kappa shape index (κ1) is 22.5. The van der Waals surface area contributed by atoms with Gasteiger partial charge in [0.25, 0.3) is 10.0 Å². The van der Waals surface area contributed by atoms with Crippen molar-refractivity contribution in [2.75, 3.05) is 38.0 Å². The topological polar surface area (TPSA) is 78.0 Å². The maximum atomic E-state index is 13.5. The molecule has 8 heteroatoms. The van der Waals surface area contributed by atoms with Gasteiger partial charge in [0.05, 0.1) is 23.0 Å². The van der Waals surface area contributed by atoms with E-state index in [0.717, 1.165) is 31.5 Å². The molecule has 0 N–H and O–H groups in total. The lowest BCUT2D eigenvalue weighted by Crippen LogP contribution is -2.46. The van der Waals surface area contributed by atoms with Crippen molar-refractivity contribution in [2.45, 2.75) is 36.6 Å². The quantitative estimate of drug-likeness (QED) is 0.648. The lowest BCUT2D eigenvalue weighted by Gasteiger charge is -2.36. The molecule has 1 atom stereocenters. The van der Waals surface area contributed by atoms with E-state index in [1.165, 1.54) is 35.5 Å². The highest BCUT2D eigenvalue weighted by atomic mass is 32.2. The Morgan fingerprint density at radius 3 is 2.25 bits per heavy atom. The fraction of sp³-hybridized carbons (Fsp3) is 0.417. The molecule has 0 saturated carbocycles. The number of rotatable bonds is 5. The first-order valence-electron chi connectivity index (χ1n) is 10.9. The number of amides is 1. The van der Waals surface area contributed by atoms with Gasteiger partial charge in [-0.1, -0.05) is 30.3 Å². The Kier molecular flexibility index (Phi) is 6.09. The molecule has 0 bridgehead atoms. The molecule has 1 saturated heterocycles. The van der Waals surface area contributed by atoms with Gasteiger partial charge in [-0.3, -0.25) is 13.9 Å². The molecule has 2 aromatic carbocycles. The molecule has 2 heterocycles. The third kappa shape index (κ3) is 4.04. The van der Waals surface area contributed by atoms with Crippen LogP contribution in [0.15, 0.2) is 53.4 Å². The van der Waals surface area contributed by atoms with E-state index in [0.29, 0.717) is 11.3 Å². The molecule has 0 aliphatic carbocycles. The van der Waals surface area contributed by atoms with E-state index >= 15 is 0 Å². The molecule has 2 aliphatic rings. The second kappa shape index (κ2) is 8.67. The molecule has 1 amide bonds. The number of piperidine rings is 1. The largest absolute Gasteiger partial charge is 0.342 e. The summed E-state index contributed by atoms with van der Waals surface area (Å²) in [5.41, 5.74) is 1.73. The summed E-state index contributed by atoms with van der Waals surface area (Å²) in [6, 6.07) is 13.3. The average molecular weight is 456 g/mol. The van der Waals surface area contributed by atoms with Crippen LogP contribution in [-0.2, 0) is 14.8 Å². The summed E-state index contributed by atoms with van der Waals surface area (Å²) >= 11 is 0. The first-order valence-corrected chi connectivity index (χ1v) is 12.3. The van der Waals surface area contributed by atoms with Crippen LogP contribution in [-0.4, -0.2) is 69.7 Å². The predicted molar refractivity (Wildman–Crippen MR) is 123 cm³/mol. The average Bonchev–Trinajstić information content (AvgIpc) is 3.19. The van der Waals surface area contributed by atoms with Crippen LogP contribution in [0.5, 0.6) is 0 Å². The highest BCUT2D eigenvalue weighted by Gasteiger charge is 2.41. The Morgan fingerprint density at radius 2 is 1.62 bits per heavy atom. The summed E-state index contributed by atoms with van der Waals surface area (Å²) in [5.74, 6) is -0.707. The smallest absolute Gasteiger partial charge is 0.264 e. The van der Waals surface area contributed by atoms with Gasteiger partial charge in [-0.15, -0.1) is 0 Å². The summed E-state index contributed by atoms with van der Waals surface area (Å²) in [5, 5.41) is 0. The molecule has 0 spiro atoms. The fourth-order valence-corrected chi connectivity index (χ4v) is 6.11. The van der Waals surface area contributed by atoms with E-state index in [2.05, 4.69) is 11.9 Å². The van der Waals surface area contributed by atoms with Crippen molar-refractivity contribution >= 4 is 27.4 Å². The van der Waals surface area contributed by atoms with E-state index in [4.69, 9.17) is 0 Å². The lowest BCUT2D eigenvalue weighted by atomic mass is 9.97. The SMILES string of the molecule is CC(=O)c1ccc(S(=O)(=O)N2CC(C(=O)N(C)C3CCN(C)CC3)c3ccccc32)cc1. The molecule has 1 unspecified atom stereocenters. The predicted octanol–water partition coefficient (Wildman–Crippen LogP) is 2.73. The van der Waals surface area contributed by atoms with Gasteiger partial charge in [-0.2, -0.15) is 0 Å². The fourth-order valence-electron chi connectivity index (χ4n) is 4.61. The molecule has 7 nitrogen and oxygen atoms in total. The van der Waals surface area contributed by atoms with E-state index < -0.39 is 15.9 Å². The van der Waals surface area contributed by atoms with Crippen molar-refractivity contribution in [3.63, 3.8) is 0 Å². The maximum absolute atomic E-state index is 13.5. The number of ketones is 1. The number of likely N-dealkylation sites (tertiary alicyclic amines) is 1. The van der Waals surface area contributed by atoms with Crippen molar-refractivity contribution in [3.05, 3.63) is 59.7 Å². The van der Waals surface area contributed by atoms with Crippen molar-refractivity contribution in [1.82, 2.24) is 9.80 Å². The number of para-hydroxylation sites is 1. The Balaban J connectivity index is 1.62. The number of carbonyl (C=O) groups is 2. The zero-order valence-corrected chi connectivity index (χ0v) is 19.5. The maximum Gasteiger partial charge on any atom is 0.264 e. The zero-order valence-electron chi connectivity index (χ0n) is 18.7. The molecule has 2 aliphatic heterocycles. The van der Waals surface area contributed by atoms with Gasteiger partial charge in [0, 0.05) is 18.7 Å². The number of sulfonamides is 1. The summed E-state index contributed by atoms with van der Waals surface area (Å²) < 4.78 is 28.3. The molecular weight excluding hydrogens is 426 g/mol. The van der Waals surface area contributed by atoms with Crippen LogP contribution in [0, 0.1) is 0 Å². The normalized spacial score (nSPS) is 19.6. The highest BCUT2D eigenvalue weighted by molar-refractivity contribution is 7.92. The number of anilines is 1.